The highest BCUT2D eigenvalue weighted by Crippen LogP contribution is 2.23. The average molecular weight is 240 g/mol. The Balaban J connectivity index is 2.32. The van der Waals surface area contributed by atoms with E-state index in [0.29, 0.717) is 21.5 Å². The van der Waals surface area contributed by atoms with Crippen LogP contribution in [0.5, 0.6) is 0 Å². The van der Waals surface area contributed by atoms with E-state index in [1.54, 1.807) is 42.8 Å². The van der Waals surface area contributed by atoms with Crippen molar-refractivity contribution in [2.45, 2.75) is 0 Å². The third-order valence-electron chi connectivity index (χ3n) is 1.83. The van der Waals surface area contributed by atoms with Gasteiger partial charge in [0.1, 0.15) is 0 Å². The summed E-state index contributed by atoms with van der Waals surface area (Å²) in [5.74, 6) is 0.519. The molecule has 2 aromatic rings. The first-order chi connectivity index (χ1) is 7.27. The number of halogens is 2. The second-order valence-electron chi connectivity index (χ2n) is 2.84. The van der Waals surface area contributed by atoms with Gasteiger partial charge in [-0.15, -0.1) is 0 Å². The Morgan fingerprint density at radius 2 is 1.80 bits per heavy atom. The third kappa shape index (κ3) is 2.41. The van der Waals surface area contributed by atoms with E-state index in [4.69, 9.17) is 27.6 Å². The first-order valence-electron chi connectivity index (χ1n) is 4.29. The molecule has 0 spiro atoms. The van der Waals surface area contributed by atoms with Gasteiger partial charge in [-0.25, -0.2) is 4.99 Å². The van der Waals surface area contributed by atoms with Gasteiger partial charge in [0.05, 0.1) is 16.3 Å². The van der Waals surface area contributed by atoms with Crippen LogP contribution in [0.1, 0.15) is 5.56 Å². The van der Waals surface area contributed by atoms with Crippen LogP contribution in [0, 0.1) is 0 Å². The minimum atomic E-state index is 0.519. The molecule has 0 atom stereocenters. The second kappa shape index (κ2) is 4.51. The maximum atomic E-state index is 5.96. The van der Waals surface area contributed by atoms with Crippen LogP contribution in [-0.2, 0) is 0 Å². The van der Waals surface area contributed by atoms with E-state index < -0.39 is 0 Å². The Hall–Kier alpha value is -1.25. The van der Waals surface area contributed by atoms with Crippen LogP contribution in [-0.4, -0.2) is 6.21 Å². The number of benzene rings is 1. The average Bonchev–Trinajstić information content (AvgIpc) is 2.70. The molecule has 0 fully saturated rings. The molecular formula is C11H7Cl2NO. The predicted octanol–water partition coefficient (Wildman–Crippen LogP) is 4.34. The Kier molecular flexibility index (Phi) is 3.09. The smallest absolute Gasteiger partial charge is 0.218 e. The minimum absolute atomic E-state index is 0.519. The minimum Gasteiger partial charge on any atom is -0.447 e. The van der Waals surface area contributed by atoms with Crippen molar-refractivity contribution in [3.05, 3.63) is 52.2 Å². The van der Waals surface area contributed by atoms with E-state index in [2.05, 4.69) is 4.99 Å². The standard InChI is InChI=1S/C11H7Cl2NO/c12-9-3-1-4-10(13)8(9)7-14-11-5-2-6-15-11/h1-7H/b14-7+. The summed E-state index contributed by atoms with van der Waals surface area (Å²) in [7, 11) is 0. The number of hydrogen-bond donors (Lipinski definition) is 0. The summed E-state index contributed by atoms with van der Waals surface area (Å²) in [6.07, 6.45) is 3.14. The van der Waals surface area contributed by atoms with Gasteiger partial charge in [0.25, 0.3) is 0 Å². The van der Waals surface area contributed by atoms with E-state index in [-0.39, 0.29) is 0 Å². The van der Waals surface area contributed by atoms with Crippen LogP contribution < -0.4 is 0 Å². The monoisotopic (exact) mass is 239 g/mol. The molecule has 2 rings (SSSR count). The van der Waals surface area contributed by atoms with E-state index in [0.717, 1.165) is 0 Å². The van der Waals surface area contributed by atoms with Crippen LogP contribution in [0.15, 0.2) is 46.0 Å². The lowest BCUT2D eigenvalue weighted by Gasteiger charge is -1.98. The fraction of sp³-hybridized carbons (Fsp3) is 0. The Labute approximate surface area is 97.1 Å². The molecule has 0 aliphatic carbocycles. The van der Waals surface area contributed by atoms with Gasteiger partial charge in [-0.3, -0.25) is 0 Å². The van der Waals surface area contributed by atoms with Gasteiger partial charge in [0.2, 0.25) is 5.88 Å². The number of hydrogen-bond acceptors (Lipinski definition) is 2. The van der Waals surface area contributed by atoms with Crippen molar-refractivity contribution in [3.63, 3.8) is 0 Å². The first kappa shape index (κ1) is 10.3. The fourth-order valence-electron chi connectivity index (χ4n) is 1.11. The molecule has 0 N–H and O–H groups in total. The summed E-state index contributed by atoms with van der Waals surface area (Å²) in [6.45, 7) is 0. The first-order valence-corrected chi connectivity index (χ1v) is 5.04. The number of aliphatic imine (C=N–C) groups is 1. The number of nitrogens with zero attached hydrogens (tertiary/aromatic N) is 1. The molecule has 0 saturated carbocycles. The van der Waals surface area contributed by atoms with Crippen molar-refractivity contribution >= 4 is 35.3 Å². The molecule has 76 valence electrons. The summed E-state index contributed by atoms with van der Waals surface area (Å²) in [5.41, 5.74) is 0.692. The zero-order valence-corrected chi connectivity index (χ0v) is 9.16. The molecule has 0 saturated heterocycles. The molecule has 4 heteroatoms. The van der Waals surface area contributed by atoms with Gasteiger partial charge in [0.15, 0.2) is 0 Å². The molecular weight excluding hydrogens is 233 g/mol. The number of rotatable bonds is 2. The Morgan fingerprint density at radius 3 is 2.40 bits per heavy atom. The van der Waals surface area contributed by atoms with E-state index >= 15 is 0 Å². The summed E-state index contributed by atoms with van der Waals surface area (Å²) in [6, 6.07) is 8.82. The van der Waals surface area contributed by atoms with Crippen LogP contribution in [0.4, 0.5) is 5.88 Å². The quantitative estimate of drug-likeness (QED) is 0.717. The normalized spacial score (nSPS) is 11.1. The molecule has 15 heavy (non-hydrogen) atoms. The van der Waals surface area contributed by atoms with E-state index in [1.807, 2.05) is 0 Å². The van der Waals surface area contributed by atoms with Crippen molar-refractivity contribution in [1.29, 1.82) is 0 Å². The van der Waals surface area contributed by atoms with Crippen molar-refractivity contribution in [3.8, 4) is 0 Å². The van der Waals surface area contributed by atoms with Crippen LogP contribution in [0.2, 0.25) is 10.0 Å². The Bertz CT molecular complexity index is 457. The molecule has 0 amide bonds. The van der Waals surface area contributed by atoms with Gasteiger partial charge in [0, 0.05) is 17.8 Å². The van der Waals surface area contributed by atoms with Gasteiger partial charge >= 0.3 is 0 Å². The highest BCUT2D eigenvalue weighted by atomic mass is 35.5. The van der Waals surface area contributed by atoms with Gasteiger partial charge in [-0.05, 0) is 18.2 Å². The molecule has 1 heterocycles. The largest absolute Gasteiger partial charge is 0.447 e. The highest BCUT2D eigenvalue weighted by molar-refractivity contribution is 6.38. The maximum Gasteiger partial charge on any atom is 0.218 e. The molecule has 1 aromatic heterocycles. The lowest BCUT2D eigenvalue weighted by Crippen LogP contribution is -1.83. The van der Waals surface area contributed by atoms with Crippen molar-refractivity contribution in [2.24, 2.45) is 4.99 Å². The lowest BCUT2D eigenvalue weighted by molar-refractivity contribution is 0.578. The molecule has 1 aromatic carbocycles. The maximum absolute atomic E-state index is 5.96. The van der Waals surface area contributed by atoms with E-state index in [9.17, 15) is 0 Å². The topological polar surface area (TPSA) is 25.5 Å². The van der Waals surface area contributed by atoms with Crippen molar-refractivity contribution in [1.82, 2.24) is 0 Å². The van der Waals surface area contributed by atoms with Gasteiger partial charge in [-0.1, -0.05) is 29.3 Å². The van der Waals surface area contributed by atoms with Crippen molar-refractivity contribution in [2.75, 3.05) is 0 Å². The van der Waals surface area contributed by atoms with Crippen LogP contribution in [0.25, 0.3) is 0 Å². The van der Waals surface area contributed by atoms with Crippen molar-refractivity contribution < 1.29 is 4.42 Å². The molecule has 0 radical (unpaired) electrons. The Morgan fingerprint density at radius 1 is 1.07 bits per heavy atom. The molecule has 2 nitrogen and oxygen atoms in total. The highest BCUT2D eigenvalue weighted by Gasteiger charge is 2.01. The van der Waals surface area contributed by atoms with Gasteiger partial charge < -0.3 is 4.42 Å². The SMILES string of the molecule is Clc1cccc(Cl)c1/C=N/c1ccco1. The molecule has 0 unspecified atom stereocenters. The van der Waals surface area contributed by atoms with Crippen LogP contribution in [0.3, 0.4) is 0 Å². The zero-order valence-electron chi connectivity index (χ0n) is 7.65. The fourth-order valence-corrected chi connectivity index (χ4v) is 1.60. The molecule has 0 aliphatic heterocycles. The summed E-state index contributed by atoms with van der Waals surface area (Å²) >= 11 is 11.9. The van der Waals surface area contributed by atoms with Crippen LogP contribution >= 0.6 is 23.2 Å². The summed E-state index contributed by atoms with van der Waals surface area (Å²) in [4.78, 5) is 4.10. The van der Waals surface area contributed by atoms with E-state index in [1.165, 1.54) is 0 Å². The van der Waals surface area contributed by atoms with Gasteiger partial charge in [-0.2, -0.15) is 0 Å². The zero-order chi connectivity index (χ0) is 10.7. The molecule has 0 aliphatic rings. The third-order valence-corrected chi connectivity index (χ3v) is 2.49. The number of furan rings is 1. The predicted molar refractivity (Wildman–Crippen MR) is 62.4 cm³/mol. The lowest BCUT2D eigenvalue weighted by atomic mass is 10.2. The summed E-state index contributed by atoms with van der Waals surface area (Å²) < 4.78 is 5.05. The summed E-state index contributed by atoms with van der Waals surface area (Å²) in [5, 5.41) is 1.13. The molecule has 0 bridgehead atoms. The second-order valence-corrected chi connectivity index (χ2v) is 3.66.